The smallest absolute Gasteiger partial charge is 0.123 e. The molecule has 0 bridgehead atoms. The van der Waals surface area contributed by atoms with Crippen LogP contribution < -0.4 is 0 Å². The summed E-state index contributed by atoms with van der Waals surface area (Å²) in [5.41, 5.74) is 0. The van der Waals surface area contributed by atoms with Gasteiger partial charge in [0.25, 0.3) is 0 Å². The van der Waals surface area contributed by atoms with Crippen molar-refractivity contribution in [3.05, 3.63) is 38.7 Å². The Kier molecular flexibility index (Phi) is 13.3. The molecular weight excluding hydrogens is 304 g/mol. The second-order valence-corrected chi connectivity index (χ2v) is 1.72. The van der Waals surface area contributed by atoms with E-state index in [-0.39, 0.29) is 72.8 Å². The predicted octanol–water partition coefficient (Wildman–Crippen LogP) is 0.990. The molecule has 3 nitrogen and oxygen atoms in total. The van der Waals surface area contributed by atoms with Crippen LogP contribution in [-0.4, -0.2) is 15.0 Å². The van der Waals surface area contributed by atoms with Crippen LogP contribution >= 0.6 is 0 Å². The number of aromatic nitrogens is 3. The molecule has 62 valence electrons. The number of nitrogens with zero attached hydrogens (tertiary/aromatic N) is 3. The van der Waals surface area contributed by atoms with E-state index in [4.69, 9.17) is 0 Å². The van der Waals surface area contributed by atoms with E-state index >= 15 is 0 Å². The molecule has 0 aliphatic carbocycles. The zero-order valence-corrected chi connectivity index (χ0v) is 13.1. The van der Waals surface area contributed by atoms with Gasteiger partial charge in [0.05, 0.1) is 0 Å². The molecule has 0 saturated heterocycles. The average molecular weight is 314 g/mol. The van der Waals surface area contributed by atoms with E-state index in [0.29, 0.717) is 17.5 Å². The third-order valence-electron chi connectivity index (χ3n) is 0.840. The van der Waals surface area contributed by atoms with E-state index in [1.165, 1.54) is 0 Å². The minimum Gasteiger partial charge on any atom is -0.358 e. The van der Waals surface area contributed by atoms with Crippen LogP contribution in [0.5, 0.6) is 0 Å². The van der Waals surface area contributed by atoms with E-state index in [2.05, 4.69) is 28.8 Å². The van der Waals surface area contributed by atoms with Gasteiger partial charge in [-0.25, -0.2) is 0 Å². The van der Waals surface area contributed by atoms with Gasteiger partial charge < -0.3 is 21.3 Å². The van der Waals surface area contributed by atoms with Gasteiger partial charge in [-0.2, -0.15) is 0 Å². The standard InChI is InChI=1S/C6H7N3.CH3.2Y/c1-4-7-5(2)9-6(3)8-4;;;/h1-2H2,3H3;1H3;;/q-2;-1;;. The Bertz CT molecular complexity index is 177. The van der Waals surface area contributed by atoms with Crippen molar-refractivity contribution in [1.82, 2.24) is 15.0 Å². The molecule has 0 aliphatic heterocycles. The average Bonchev–Trinajstić information content (AvgIpc) is 1.59. The van der Waals surface area contributed by atoms with Crippen molar-refractivity contribution in [1.29, 1.82) is 0 Å². The molecule has 1 rings (SSSR count). The summed E-state index contributed by atoms with van der Waals surface area (Å²) in [6.07, 6.45) is 0. The van der Waals surface area contributed by atoms with Crippen LogP contribution in [0.1, 0.15) is 17.5 Å². The van der Waals surface area contributed by atoms with Crippen LogP contribution in [0, 0.1) is 28.2 Å². The Labute approximate surface area is 124 Å². The fraction of sp³-hybridized carbons (Fsp3) is 0.143. The van der Waals surface area contributed by atoms with Gasteiger partial charge >= 0.3 is 0 Å². The Morgan fingerprint density at radius 1 is 0.917 bits per heavy atom. The molecule has 12 heavy (non-hydrogen) atoms. The Hall–Kier alpha value is 0.958. The molecule has 0 atom stereocenters. The zero-order chi connectivity index (χ0) is 6.85. The number of rotatable bonds is 0. The van der Waals surface area contributed by atoms with Gasteiger partial charge in [-0.3, -0.25) is 15.0 Å². The molecule has 0 aromatic carbocycles. The van der Waals surface area contributed by atoms with E-state index < -0.39 is 0 Å². The van der Waals surface area contributed by atoms with Crippen LogP contribution in [0.3, 0.4) is 0 Å². The van der Waals surface area contributed by atoms with Crippen molar-refractivity contribution in [2.24, 2.45) is 0 Å². The van der Waals surface area contributed by atoms with Crippen LogP contribution in [0.4, 0.5) is 0 Å². The van der Waals surface area contributed by atoms with Gasteiger partial charge in [-0.15, -0.1) is 0 Å². The fourth-order valence-electron chi connectivity index (χ4n) is 0.598. The van der Waals surface area contributed by atoms with Crippen molar-refractivity contribution in [3.8, 4) is 0 Å². The number of hydrogen-bond acceptors (Lipinski definition) is 3. The normalized spacial score (nSPS) is 7.08. The molecule has 0 saturated carbocycles. The van der Waals surface area contributed by atoms with Crippen LogP contribution in [0.2, 0.25) is 0 Å². The van der Waals surface area contributed by atoms with Gasteiger partial charge in [-0.05, 0) is 18.6 Å². The minimum absolute atomic E-state index is 0. The van der Waals surface area contributed by atoms with Crippen LogP contribution in [0.15, 0.2) is 0 Å². The predicted molar refractivity (Wildman–Crippen MR) is 39.9 cm³/mol. The Morgan fingerprint density at radius 2 is 1.25 bits per heavy atom. The SMILES string of the molecule is [CH2-]c1nc([CH2-])nc(C)n1.[CH3-].[Y].[Y]. The fourth-order valence-corrected chi connectivity index (χ4v) is 0.598. The quantitative estimate of drug-likeness (QED) is 0.671. The molecule has 0 aliphatic rings. The first-order valence-corrected chi connectivity index (χ1v) is 2.55. The number of hydrogen-bond donors (Lipinski definition) is 0. The Morgan fingerprint density at radius 3 is 1.50 bits per heavy atom. The summed E-state index contributed by atoms with van der Waals surface area (Å²) in [5.74, 6) is 1.63. The van der Waals surface area contributed by atoms with E-state index in [9.17, 15) is 0 Å². The Balaban J connectivity index is -0.000000270. The maximum atomic E-state index is 3.86. The first kappa shape index (κ1) is 18.7. The van der Waals surface area contributed by atoms with Gasteiger partial charge in [0.2, 0.25) is 0 Å². The van der Waals surface area contributed by atoms with Crippen molar-refractivity contribution in [2.75, 3.05) is 0 Å². The monoisotopic (exact) mass is 314 g/mol. The first-order valence-electron chi connectivity index (χ1n) is 2.55. The van der Waals surface area contributed by atoms with Crippen LogP contribution in [-0.2, 0) is 65.4 Å². The maximum absolute atomic E-state index is 3.86. The summed E-state index contributed by atoms with van der Waals surface area (Å²) in [7, 11) is 0. The molecular formula is C7H10N3Y2-3. The van der Waals surface area contributed by atoms with Gasteiger partial charge in [-0.1, -0.05) is 0 Å². The molecule has 1 heterocycles. The molecule has 0 fully saturated rings. The first-order chi connectivity index (χ1) is 4.18. The molecule has 2 radical (unpaired) electrons. The van der Waals surface area contributed by atoms with Crippen molar-refractivity contribution >= 4 is 0 Å². The molecule has 0 N–H and O–H groups in total. The van der Waals surface area contributed by atoms with Gasteiger partial charge in [0.15, 0.2) is 0 Å². The largest absolute Gasteiger partial charge is 0.358 e. The molecule has 0 unspecified atom stereocenters. The van der Waals surface area contributed by atoms with E-state index in [0.717, 1.165) is 0 Å². The van der Waals surface area contributed by atoms with Crippen molar-refractivity contribution < 1.29 is 65.4 Å². The summed E-state index contributed by atoms with van der Waals surface area (Å²) in [4.78, 5) is 11.5. The van der Waals surface area contributed by atoms with Crippen LogP contribution in [0.25, 0.3) is 0 Å². The summed E-state index contributed by atoms with van der Waals surface area (Å²) in [5, 5.41) is 0. The third kappa shape index (κ3) is 6.47. The summed E-state index contributed by atoms with van der Waals surface area (Å²) >= 11 is 0. The molecule has 0 amide bonds. The minimum atomic E-state index is 0. The van der Waals surface area contributed by atoms with Gasteiger partial charge in [0.1, 0.15) is 5.82 Å². The summed E-state index contributed by atoms with van der Waals surface area (Å²) < 4.78 is 0. The maximum Gasteiger partial charge on any atom is 0.123 e. The third-order valence-corrected chi connectivity index (χ3v) is 0.840. The second-order valence-electron chi connectivity index (χ2n) is 1.72. The van der Waals surface area contributed by atoms with Crippen molar-refractivity contribution in [3.63, 3.8) is 0 Å². The molecule has 5 heteroatoms. The van der Waals surface area contributed by atoms with Crippen molar-refractivity contribution in [2.45, 2.75) is 6.92 Å². The summed E-state index contributed by atoms with van der Waals surface area (Å²) in [6, 6.07) is 0. The van der Waals surface area contributed by atoms with E-state index in [1.807, 2.05) is 0 Å². The number of aryl methyl sites for hydroxylation is 1. The zero-order valence-electron chi connectivity index (χ0n) is 7.41. The van der Waals surface area contributed by atoms with E-state index in [1.54, 1.807) is 6.92 Å². The second kappa shape index (κ2) is 8.55. The molecule has 1 aromatic heterocycles. The topological polar surface area (TPSA) is 38.7 Å². The van der Waals surface area contributed by atoms with Gasteiger partial charge in [0, 0.05) is 65.4 Å². The summed E-state index contributed by atoms with van der Waals surface area (Å²) in [6.45, 7) is 8.86. The molecule has 0 spiro atoms. The molecule has 1 aromatic rings.